The second-order valence-corrected chi connectivity index (χ2v) is 9.73. The van der Waals surface area contributed by atoms with E-state index in [0.717, 1.165) is 5.56 Å². The van der Waals surface area contributed by atoms with Crippen LogP contribution in [0, 0.1) is 0 Å². The van der Waals surface area contributed by atoms with Gasteiger partial charge in [-0.05, 0) is 60.5 Å². The summed E-state index contributed by atoms with van der Waals surface area (Å²) in [4.78, 5) is 43.0. The zero-order valence-electron chi connectivity index (χ0n) is 21.4. The molecule has 0 unspecified atom stereocenters. The van der Waals surface area contributed by atoms with Crippen LogP contribution in [0.15, 0.2) is 99.9 Å². The van der Waals surface area contributed by atoms with Crippen molar-refractivity contribution in [2.24, 2.45) is 4.99 Å². The van der Waals surface area contributed by atoms with Crippen LogP contribution in [0.4, 0.5) is 0 Å². The third kappa shape index (κ3) is 5.44. The number of ether oxygens (including phenoxy) is 3. The third-order valence-electron chi connectivity index (χ3n) is 6.02. The highest BCUT2D eigenvalue weighted by Crippen LogP contribution is 2.31. The van der Waals surface area contributed by atoms with Crippen molar-refractivity contribution in [3.8, 4) is 17.2 Å². The van der Waals surface area contributed by atoms with Crippen molar-refractivity contribution in [1.29, 1.82) is 0 Å². The second-order valence-electron chi connectivity index (χ2n) is 8.72. The summed E-state index contributed by atoms with van der Waals surface area (Å²) in [6.45, 7) is 3.03. The van der Waals surface area contributed by atoms with Crippen molar-refractivity contribution < 1.29 is 23.8 Å². The Balaban J connectivity index is 1.59. The van der Waals surface area contributed by atoms with Gasteiger partial charge in [-0.15, -0.1) is 0 Å². The first kappa shape index (κ1) is 25.9. The zero-order chi connectivity index (χ0) is 27.5. The number of benzene rings is 3. The van der Waals surface area contributed by atoms with Gasteiger partial charge in [0.15, 0.2) is 4.80 Å². The Labute approximate surface area is 227 Å². The highest BCUT2D eigenvalue weighted by molar-refractivity contribution is 7.07. The summed E-state index contributed by atoms with van der Waals surface area (Å²) in [7, 11) is 1.29. The number of nitrogens with zero attached hydrogens (tertiary/aromatic N) is 2. The fraction of sp³-hybridized carbons (Fsp3) is 0.133. The van der Waals surface area contributed by atoms with Crippen LogP contribution < -0.4 is 24.4 Å². The molecule has 0 spiro atoms. The minimum absolute atomic E-state index is 0.259. The number of aromatic nitrogens is 1. The van der Waals surface area contributed by atoms with Crippen LogP contribution in [-0.2, 0) is 14.3 Å². The number of rotatable bonds is 6. The predicted octanol–water partition coefficient (Wildman–Crippen LogP) is 4.13. The van der Waals surface area contributed by atoms with Crippen molar-refractivity contribution in [3.05, 3.63) is 121 Å². The highest BCUT2D eigenvalue weighted by atomic mass is 32.1. The van der Waals surface area contributed by atoms with Crippen molar-refractivity contribution in [2.75, 3.05) is 7.11 Å². The van der Waals surface area contributed by atoms with Crippen LogP contribution in [0.2, 0.25) is 0 Å². The fourth-order valence-electron chi connectivity index (χ4n) is 4.34. The van der Waals surface area contributed by atoms with E-state index in [1.54, 1.807) is 37.3 Å². The molecule has 1 aliphatic rings. The minimum Gasteiger partial charge on any atom is -0.466 e. The van der Waals surface area contributed by atoms with Crippen molar-refractivity contribution in [3.63, 3.8) is 0 Å². The molecule has 0 fully saturated rings. The molecule has 1 aliphatic heterocycles. The highest BCUT2D eigenvalue weighted by Gasteiger charge is 2.33. The number of para-hydroxylation sites is 1. The molecule has 0 aliphatic carbocycles. The Kier molecular flexibility index (Phi) is 7.25. The molecule has 39 heavy (non-hydrogen) atoms. The summed E-state index contributed by atoms with van der Waals surface area (Å²) in [5.74, 6) is 0.679. The van der Waals surface area contributed by atoms with Gasteiger partial charge in [-0.25, -0.2) is 9.79 Å². The summed E-state index contributed by atoms with van der Waals surface area (Å²) in [6.07, 6.45) is 1.78. The number of hydrogen-bond donors (Lipinski definition) is 0. The second kappa shape index (κ2) is 10.9. The van der Waals surface area contributed by atoms with Gasteiger partial charge in [0.05, 0.1) is 29.0 Å². The first-order valence-electron chi connectivity index (χ1n) is 12.1. The molecule has 196 valence electrons. The maximum Gasteiger partial charge on any atom is 0.338 e. The Hall–Kier alpha value is -4.76. The van der Waals surface area contributed by atoms with Gasteiger partial charge in [0.1, 0.15) is 17.2 Å². The van der Waals surface area contributed by atoms with Crippen LogP contribution in [0.1, 0.15) is 31.0 Å². The number of carbonyl (C=O) groups is 2. The van der Waals surface area contributed by atoms with E-state index < -0.39 is 18.0 Å². The molecule has 0 amide bonds. The van der Waals surface area contributed by atoms with E-state index in [4.69, 9.17) is 14.2 Å². The zero-order valence-corrected chi connectivity index (χ0v) is 22.2. The quantitative estimate of drug-likeness (QED) is 0.270. The van der Waals surface area contributed by atoms with E-state index in [0.29, 0.717) is 37.8 Å². The number of allylic oxidation sites excluding steroid dienone is 1. The Morgan fingerprint density at radius 3 is 2.36 bits per heavy atom. The lowest BCUT2D eigenvalue weighted by atomic mass is 9.96. The van der Waals surface area contributed by atoms with Gasteiger partial charge in [-0.1, -0.05) is 53.8 Å². The van der Waals surface area contributed by atoms with Gasteiger partial charge < -0.3 is 14.2 Å². The van der Waals surface area contributed by atoms with Gasteiger partial charge in [0.25, 0.3) is 5.56 Å². The standard InChI is InChI=1S/C30H24N2O6S/c1-18-26(29(35)36-3)27(21-12-14-23(15-13-21)37-19(2)33)32-28(34)25(39-30(32)31-18)17-20-8-7-11-24(16-20)38-22-9-5-4-6-10-22/h4-17,27H,1-3H3/b25-17+/t27-/m1/s1. The minimum atomic E-state index is -0.769. The molecule has 0 saturated carbocycles. The van der Waals surface area contributed by atoms with Crippen LogP contribution in [0.5, 0.6) is 17.2 Å². The first-order valence-corrected chi connectivity index (χ1v) is 12.9. The number of hydrogen-bond acceptors (Lipinski definition) is 8. The smallest absolute Gasteiger partial charge is 0.338 e. The largest absolute Gasteiger partial charge is 0.466 e. The molecule has 2 heterocycles. The first-order chi connectivity index (χ1) is 18.8. The SMILES string of the molecule is COC(=O)C1=C(C)N=c2s/c(=C/c3cccc(Oc4ccccc4)c3)c(=O)n2[C@@H]1c1ccc(OC(C)=O)cc1. The van der Waals surface area contributed by atoms with E-state index in [-0.39, 0.29) is 11.1 Å². The van der Waals surface area contributed by atoms with Gasteiger partial charge in [-0.3, -0.25) is 14.2 Å². The number of carbonyl (C=O) groups excluding carboxylic acids is 2. The molecule has 1 atom stereocenters. The Bertz CT molecular complexity index is 1770. The molecule has 0 N–H and O–H groups in total. The van der Waals surface area contributed by atoms with Gasteiger partial charge in [-0.2, -0.15) is 0 Å². The summed E-state index contributed by atoms with van der Waals surface area (Å²) in [5.41, 5.74) is 1.85. The molecule has 5 rings (SSSR count). The average Bonchev–Trinajstić information content (AvgIpc) is 3.22. The number of esters is 2. The van der Waals surface area contributed by atoms with Gasteiger partial charge >= 0.3 is 11.9 Å². The van der Waals surface area contributed by atoms with Crippen LogP contribution >= 0.6 is 11.3 Å². The van der Waals surface area contributed by atoms with Crippen molar-refractivity contribution in [1.82, 2.24) is 4.57 Å². The number of thiazole rings is 1. The topological polar surface area (TPSA) is 96.2 Å². The molecule has 4 aromatic rings. The molecular formula is C30H24N2O6S. The van der Waals surface area contributed by atoms with Gasteiger partial charge in [0.2, 0.25) is 0 Å². The molecule has 9 heteroatoms. The van der Waals surface area contributed by atoms with E-state index >= 15 is 0 Å². The number of methoxy groups -OCH3 is 1. The Morgan fingerprint density at radius 2 is 1.67 bits per heavy atom. The van der Waals surface area contributed by atoms with Crippen LogP contribution in [0.25, 0.3) is 6.08 Å². The van der Waals surface area contributed by atoms with Crippen LogP contribution in [0.3, 0.4) is 0 Å². The lowest BCUT2D eigenvalue weighted by Crippen LogP contribution is -2.39. The average molecular weight is 541 g/mol. The number of fused-ring (bicyclic) bond motifs is 1. The maximum atomic E-state index is 13.8. The molecule has 0 radical (unpaired) electrons. The molecule has 3 aromatic carbocycles. The molecule has 0 saturated heterocycles. The van der Waals surface area contributed by atoms with Crippen LogP contribution in [-0.4, -0.2) is 23.6 Å². The normalized spacial score (nSPS) is 14.8. The molecule has 8 nitrogen and oxygen atoms in total. The third-order valence-corrected chi connectivity index (χ3v) is 7.00. The maximum absolute atomic E-state index is 13.8. The van der Waals surface area contributed by atoms with Gasteiger partial charge in [0, 0.05) is 6.92 Å². The Morgan fingerprint density at radius 1 is 0.949 bits per heavy atom. The lowest BCUT2D eigenvalue weighted by Gasteiger charge is -2.24. The van der Waals surface area contributed by atoms with E-state index in [1.807, 2.05) is 54.6 Å². The summed E-state index contributed by atoms with van der Waals surface area (Å²) in [5, 5.41) is 0. The van der Waals surface area contributed by atoms with E-state index in [9.17, 15) is 14.4 Å². The summed E-state index contributed by atoms with van der Waals surface area (Å²) in [6, 6.07) is 22.8. The van der Waals surface area contributed by atoms with Crippen molar-refractivity contribution >= 4 is 29.4 Å². The van der Waals surface area contributed by atoms with E-state index in [1.165, 1.54) is 29.9 Å². The molecule has 0 bridgehead atoms. The fourth-order valence-corrected chi connectivity index (χ4v) is 5.38. The lowest BCUT2D eigenvalue weighted by molar-refractivity contribution is -0.136. The molecular weight excluding hydrogens is 516 g/mol. The summed E-state index contributed by atoms with van der Waals surface area (Å²) >= 11 is 1.23. The van der Waals surface area contributed by atoms with Crippen molar-refractivity contribution in [2.45, 2.75) is 19.9 Å². The monoisotopic (exact) mass is 540 g/mol. The molecule has 1 aromatic heterocycles. The predicted molar refractivity (Wildman–Crippen MR) is 146 cm³/mol. The summed E-state index contributed by atoms with van der Waals surface area (Å²) < 4.78 is 18.1. The van der Waals surface area contributed by atoms with E-state index in [2.05, 4.69) is 4.99 Å².